The van der Waals surface area contributed by atoms with Gasteiger partial charge in [-0.1, -0.05) is 30.3 Å². The van der Waals surface area contributed by atoms with Crippen molar-refractivity contribution >= 4 is 17.2 Å². The van der Waals surface area contributed by atoms with Crippen LogP contribution in [0.25, 0.3) is 10.6 Å². The van der Waals surface area contributed by atoms with Crippen molar-refractivity contribution in [2.24, 2.45) is 0 Å². The van der Waals surface area contributed by atoms with Crippen LogP contribution >= 0.6 is 11.3 Å². The summed E-state index contributed by atoms with van der Waals surface area (Å²) < 4.78 is 1.94. The predicted octanol–water partition coefficient (Wildman–Crippen LogP) is 2.83. The van der Waals surface area contributed by atoms with Crippen molar-refractivity contribution in [2.45, 2.75) is 19.5 Å². The molecule has 22 heavy (non-hydrogen) atoms. The van der Waals surface area contributed by atoms with Crippen LogP contribution in [0.1, 0.15) is 16.6 Å². The third-order valence-electron chi connectivity index (χ3n) is 3.17. The van der Waals surface area contributed by atoms with Gasteiger partial charge in [0.2, 0.25) is 0 Å². The Labute approximate surface area is 132 Å². The van der Waals surface area contributed by atoms with E-state index in [4.69, 9.17) is 0 Å². The number of rotatable bonds is 5. The molecule has 0 spiro atoms. The maximum absolute atomic E-state index is 12.3. The molecular weight excluding hydrogens is 296 g/mol. The molecule has 0 saturated carbocycles. The van der Waals surface area contributed by atoms with Crippen LogP contribution in [0, 0.1) is 0 Å². The van der Waals surface area contributed by atoms with Crippen molar-refractivity contribution in [1.29, 1.82) is 0 Å². The van der Waals surface area contributed by atoms with Gasteiger partial charge in [-0.3, -0.25) is 4.79 Å². The Kier molecular flexibility index (Phi) is 4.29. The van der Waals surface area contributed by atoms with Gasteiger partial charge in [0.1, 0.15) is 9.88 Å². The van der Waals surface area contributed by atoms with E-state index in [-0.39, 0.29) is 11.9 Å². The van der Waals surface area contributed by atoms with Crippen molar-refractivity contribution in [3.05, 3.63) is 60.1 Å². The summed E-state index contributed by atoms with van der Waals surface area (Å²) >= 11 is 1.40. The largest absolute Gasteiger partial charge is 0.347 e. The standard InChI is InChI=1S/C16H16N4OS/c1-12(10-20-8-7-17-11-20)19-15(21)14-9-18-16(22-14)13-5-3-2-4-6-13/h2-9,11-12H,10H2,1H3,(H,19,21). The number of amides is 1. The van der Waals surface area contributed by atoms with E-state index in [2.05, 4.69) is 15.3 Å². The highest BCUT2D eigenvalue weighted by atomic mass is 32.1. The molecule has 0 bridgehead atoms. The summed E-state index contributed by atoms with van der Waals surface area (Å²) in [6.45, 7) is 2.66. The Morgan fingerprint density at radius 3 is 2.91 bits per heavy atom. The second-order valence-electron chi connectivity index (χ2n) is 5.03. The fourth-order valence-corrected chi connectivity index (χ4v) is 2.97. The highest BCUT2D eigenvalue weighted by molar-refractivity contribution is 7.16. The SMILES string of the molecule is CC(Cn1ccnc1)NC(=O)c1cnc(-c2ccccc2)s1. The average molecular weight is 312 g/mol. The smallest absolute Gasteiger partial charge is 0.263 e. The number of hydrogen-bond acceptors (Lipinski definition) is 4. The second-order valence-corrected chi connectivity index (χ2v) is 6.06. The van der Waals surface area contributed by atoms with Crippen molar-refractivity contribution in [2.75, 3.05) is 0 Å². The van der Waals surface area contributed by atoms with Gasteiger partial charge in [-0.25, -0.2) is 9.97 Å². The van der Waals surface area contributed by atoms with E-state index in [0.717, 1.165) is 10.6 Å². The average Bonchev–Trinajstić information content (AvgIpc) is 3.19. The summed E-state index contributed by atoms with van der Waals surface area (Å²) in [5, 5.41) is 3.84. The number of carbonyl (C=O) groups excluding carboxylic acids is 1. The van der Waals surface area contributed by atoms with E-state index in [1.165, 1.54) is 11.3 Å². The van der Waals surface area contributed by atoms with E-state index >= 15 is 0 Å². The molecule has 1 unspecified atom stereocenters. The van der Waals surface area contributed by atoms with Crippen molar-refractivity contribution in [3.63, 3.8) is 0 Å². The van der Waals surface area contributed by atoms with Crippen LogP contribution in [0.5, 0.6) is 0 Å². The highest BCUT2D eigenvalue weighted by Gasteiger charge is 2.14. The van der Waals surface area contributed by atoms with Crippen LogP contribution in [0.3, 0.4) is 0 Å². The molecule has 0 radical (unpaired) electrons. The zero-order valence-electron chi connectivity index (χ0n) is 12.1. The van der Waals surface area contributed by atoms with Gasteiger partial charge in [-0.15, -0.1) is 11.3 Å². The molecule has 3 rings (SSSR count). The number of nitrogens with one attached hydrogen (secondary N) is 1. The lowest BCUT2D eigenvalue weighted by atomic mass is 10.2. The van der Waals surface area contributed by atoms with Gasteiger partial charge in [-0.2, -0.15) is 0 Å². The van der Waals surface area contributed by atoms with Crippen LogP contribution in [0.2, 0.25) is 0 Å². The molecule has 1 atom stereocenters. The first-order valence-corrected chi connectivity index (χ1v) is 7.82. The Morgan fingerprint density at radius 2 is 2.18 bits per heavy atom. The molecule has 1 aromatic carbocycles. The summed E-state index contributed by atoms with van der Waals surface area (Å²) in [6, 6.07) is 9.88. The normalized spacial score (nSPS) is 12.0. The quantitative estimate of drug-likeness (QED) is 0.788. The number of hydrogen-bond donors (Lipinski definition) is 1. The summed E-state index contributed by atoms with van der Waals surface area (Å²) in [7, 11) is 0. The zero-order chi connectivity index (χ0) is 15.4. The molecule has 6 heteroatoms. The number of nitrogens with zero attached hydrogens (tertiary/aromatic N) is 3. The van der Waals surface area contributed by atoms with Gasteiger partial charge in [-0.05, 0) is 6.92 Å². The van der Waals surface area contributed by atoms with E-state index in [1.807, 2.05) is 48.0 Å². The van der Waals surface area contributed by atoms with Gasteiger partial charge in [0.15, 0.2) is 0 Å². The molecule has 0 aliphatic carbocycles. The minimum absolute atomic E-state index is 0.0176. The molecule has 2 heterocycles. The molecular formula is C16H16N4OS. The summed E-state index contributed by atoms with van der Waals surface area (Å²) in [6.07, 6.45) is 6.97. The number of benzene rings is 1. The minimum atomic E-state index is -0.0905. The molecule has 112 valence electrons. The summed E-state index contributed by atoms with van der Waals surface area (Å²) in [4.78, 5) is 21.2. The monoisotopic (exact) mass is 312 g/mol. The maximum Gasteiger partial charge on any atom is 0.263 e. The van der Waals surface area contributed by atoms with Crippen molar-refractivity contribution in [3.8, 4) is 10.6 Å². The first-order valence-electron chi connectivity index (χ1n) is 7.00. The number of thiazole rings is 1. The maximum atomic E-state index is 12.3. The second kappa shape index (κ2) is 6.53. The van der Waals surface area contributed by atoms with Crippen LogP contribution in [0.4, 0.5) is 0 Å². The molecule has 5 nitrogen and oxygen atoms in total. The van der Waals surface area contributed by atoms with Gasteiger partial charge < -0.3 is 9.88 Å². The van der Waals surface area contributed by atoms with E-state index in [9.17, 15) is 4.79 Å². The molecule has 2 aromatic heterocycles. The fraction of sp³-hybridized carbons (Fsp3) is 0.188. The Bertz CT molecular complexity index is 737. The van der Waals surface area contributed by atoms with Gasteiger partial charge in [0.05, 0.1) is 12.5 Å². The molecule has 0 aliphatic heterocycles. The predicted molar refractivity (Wildman–Crippen MR) is 86.7 cm³/mol. The lowest BCUT2D eigenvalue weighted by Gasteiger charge is -2.13. The first kappa shape index (κ1) is 14.5. The van der Waals surface area contributed by atoms with E-state index < -0.39 is 0 Å². The van der Waals surface area contributed by atoms with Gasteiger partial charge in [0.25, 0.3) is 5.91 Å². The summed E-state index contributed by atoms with van der Waals surface area (Å²) in [5.74, 6) is -0.0905. The fourth-order valence-electron chi connectivity index (χ4n) is 2.14. The molecule has 0 saturated heterocycles. The number of imidazole rings is 1. The van der Waals surface area contributed by atoms with Crippen LogP contribution in [0.15, 0.2) is 55.2 Å². The van der Waals surface area contributed by atoms with Gasteiger partial charge >= 0.3 is 0 Å². The molecule has 0 fully saturated rings. The van der Waals surface area contributed by atoms with E-state index in [1.54, 1.807) is 18.7 Å². The zero-order valence-corrected chi connectivity index (χ0v) is 13.0. The van der Waals surface area contributed by atoms with Crippen molar-refractivity contribution in [1.82, 2.24) is 19.9 Å². The first-order chi connectivity index (χ1) is 10.7. The number of aromatic nitrogens is 3. The van der Waals surface area contributed by atoms with Crippen LogP contribution in [-0.4, -0.2) is 26.5 Å². The van der Waals surface area contributed by atoms with Crippen LogP contribution < -0.4 is 5.32 Å². The topological polar surface area (TPSA) is 59.8 Å². The van der Waals surface area contributed by atoms with Crippen molar-refractivity contribution < 1.29 is 4.79 Å². The summed E-state index contributed by atoms with van der Waals surface area (Å²) in [5.41, 5.74) is 1.03. The Balaban J connectivity index is 1.64. The lowest BCUT2D eigenvalue weighted by molar-refractivity contribution is 0.0940. The third-order valence-corrected chi connectivity index (χ3v) is 4.22. The van der Waals surface area contributed by atoms with Crippen LogP contribution in [-0.2, 0) is 6.54 Å². The molecule has 1 N–H and O–H groups in total. The molecule has 1 amide bonds. The highest BCUT2D eigenvalue weighted by Crippen LogP contribution is 2.24. The third kappa shape index (κ3) is 3.40. The Hall–Kier alpha value is -2.47. The minimum Gasteiger partial charge on any atom is -0.347 e. The van der Waals surface area contributed by atoms with Gasteiger partial charge in [0, 0.05) is 30.5 Å². The number of carbonyl (C=O) groups is 1. The molecule has 0 aliphatic rings. The molecule has 3 aromatic rings. The van der Waals surface area contributed by atoms with E-state index in [0.29, 0.717) is 11.4 Å². The lowest BCUT2D eigenvalue weighted by Crippen LogP contribution is -2.35. The Morgan fingerprint density at radius 1 is 1.36 bits per heavy atom.